The number of hydrogen-bond acceptors (Lipinski definition) is 4. The largest absolute Gasteiger partial charge is 0.369 e. The van der Waals surface area contributed by atoms with E-state index in [1.807, 2.05) is 53.2 Å². The minimum atomic E-state index is 0.712. The van der Waals surface area contributed by atoms with Crippen molar-refractivity contribution >= 4 is 23.1 Å². The highest BCUT2D eigenvalue weighted by atomic mass is 35.5. The smallest absolute Gasteiger partial charge is 0.165 e. The van der Waals surface area contributed by atoms with Crippen molar-refractivity contribution in [2.24, 2.45) is 0 Å². The van der Waals surface area contributed by atoms with E-state index in [9.17, 15) is 0 Å². The first-order chi connectivity index (χ1) is 13.6. The van der Waals surface area contributed by atoms with E-state index in [0.29, 0.717) is 5.02 Å². The molecular weight excluding hydrogens is 370 g/mol. The van der Waals surface area contributed by atoms with Gasteiger partial charge in [-0.05, 0) is 31.8 Å². The molecule has 0 spiro atoms. The Bertz CT molecular complexity index is 1070. The van der Waals surface area contributed by atoms with Crippen LogP contribution in [0.1, 0.15) is 0 Å². The number of nitrogens with zero attached hydrogens (tertiary/aromatic N) is 4. The third kappa shape index (κ3) is 3.86. The minimum Gasteiger partial charge on any atom is -0.369 e. The van der Waals surface area contributed by atoms with Crippen molar-refractivity contribution in [3.8, 4) is 22.4 Å². The molecule has 0 amide bonds. The van der Waals surface area contributed by atoms with E-state index in [4.69, 9.17) is 16.6 Å². The Morgan fingerprint density at radius 3 is 2.46 bits per heavy atom. The zero-order valence-corrected chi connectivity index (χ0v) is 16.7. The summed E-state index contributed by atoms with van der Waals surface area (Å²) in [6, 6.07) is 20.0. The van der Waals surface area contributed by atoms with Crippen LogP contribution in [0.15, 0.2) is 66.9 Å². The molecular formula is C22H22ClN5. The quantitative estimate of drug-likeness (QED) is 0.518. The van der Waals surface area contributed by atoms with Crippen LogP contribution in [0.25, 0.3) is 28.0 Å². The maximum atomic E-state index is 6.05. The Hall–Kier alpha value is -2.89. The molecule has 1 N–H and O–H groups in total. The highest BCUT2D eigenvalue weighted by molar-refractivity contribution is 6.30. The van der Waals surface area contributed by atoms with Crippen LogP contribution in [-0.2, 0) is 0 Å². The van der Waals surface area contributed by atoms with E-state index in [1.54, 1.807) is 0 Å². The van der Waals surface area contributed by atoms with Gasteiger partial charge in [0.25, 0.3) is 0 Å². The van der Waals surface area contributed by atoms with E-state index in [1.165, 1.54) is 0 Å². The maximum absolute atomic E-state index is 6.05. The average Bonchev–Trinajstić information content (AvgIpc) is 3.13. The van der Waals surface area contributed by atoms with Gasteiger partial charge in [-0.3, -0.25) is 0 Å². The number of rotatable bonds is 6. The Kier molecular flexibility index (Phi) is 5.28. The van der Waals surface area contributed by atoms with E-state index in [-0.39, 0.29) is 0 Å². The van der Waals surface area contributed by atoms with Crippen LogP contribution >= 0.6 is 11.6 Å². The minimum absolute atomic E-state index is 0.712. The number of likely N-dealkylation sites (N-methyl/N-ethyl adjacent to an activating group) is 1. The highest BCUT2D eigenvalue weighted by Gasteiger charge is 2.14. The SMILES string of the molecule is CN(C)CCNc1cc(-c2ccccc2)nc2c(-c3ccc(Cl)cc3)cnn12. The van der Waals surface area contributed by atoms with Gasteiger partial charge in [-0.25, -0.2) is 4.98 Å². The van der Waals surface area contributed by atoms with E-state index < -0.39 is 0 Å². The van der Waals surface area contributed by atoms with Crippen molar-refractivity contribution in [1.82, 2.24) is 19.5 Å². The fourth-order valence-corrected chi connectivity index (χ4v) is 3.21. The summed E-state index contributed by atoms with van der Waals surface area (Å²) in [5.41, 5.74) is 4.82. The van der Waals surface area contributed by atoms with Crippen LogP contribution in [0.5, 0.6) is 0 Å². The molecule has 6 heteroatoms. The van der Waals surface area contributed by atoms with E-state index in [2.05, 4.69) is 47.6 Å². The van der Waals surface area contributed by atoms with Gasteiger partial charge in [0.2, 0.25) is 0 Å². The Morgan fingerprint density at radius 2 is 1.75 bits per heavy atom. The molecule has 0 saturated heterocycles. The van der Waals surface area contributed by atoms with Gasteiger partial charge in [0.05, 0.1) is 11.9 Å². The van der Waals surface area contributed by atoms with E-state index >= 15 is 0 Å². The third-order valence-corrected chi connectivity index (χ3v) is 4.81. The molecule has 4 aromatic rings. The monoisotopic (exact) mass is 391 g/mol. The normalized spacial score (nSPS) is 11.3. The van der Waals surface area contributed by atoms with Gasteiger partial charge < -0.3 is 10.2 Å². The van der Waals surface area contributed by atoms with Crippen LogP contribution in [0.4, 0.5) is 5.82 Å². The lowest BCUT2D eigenvalue weighted by Gasteiger charge is -2.14. The first kappa shape index (κ1) is 18.5. The van der Waals surface area contributed by atoms with Crippen molar-refractivity contribution in [3.05, 3.63) is 71.9 Å². The standard InChI is InChI=1S/C22H22ClN5/c1-27(2)13-12-24-21-14-20(17-6-4-3-5-7-17)26-22-19(15-25-28(21)22)16-8-10-18(23)11-9-16/h3-11,14-15,24H,12-13H2,1-2H3. The van der Waals surface area contributed by atoms with Crippen LogP contribution in [0, 0.1) is 0 Å². The molecule has 4 rings (SSSR count). The fraction of sp³-hybridized carbons (Fsp3) is 0.182. The molecule has 28 heavy (non-hydrogen) atoms. The number of hydrogen-bond donors (Lipinski definition) is 1. The van der Waals surface area contributed by atoms with Crippen LogP contribution in [0.2, 0.25) is 5.02 Å². The molecule has 0 aliphatic heterocycles. The summed E-state index contributed by atoms with van der Waals surface area (Å²) in [6.07, 6.45) is 1.86. The molecule has 0 unspecified atom stereocenters. The first-order valence-corrected chi connectivity index (χ1v) is 9.58. The topological polar surface area (TPSA) is 45.5 Å². The summed E-state index contributed by atoms with van der Waals surface area (Å²) in [4.78, 5) is 7.07. The number of anilines is 1. The molecule has 0 bridgehead atoms. The summed E-state index contributed by atoms with van der Waals surface area (Å²) in [5, 5.41) is 8.81. The highest BCUT2D eigenvalue weighted by Crippen LogP contribution is 2.29. The molecule has 0 fully saturated rings. The summed E-state index contributed by atoms with van der Waals surface area (Å²) < 4.78 is 1.87. The number of fused-ring (bicyclic) bond motifs is 1. The zero-order valence-electron chi connectivity index (χ0n) is 15.9. The Morgan fingerprint density at radius 1 is 1.00 bits per heavy atom. The molecule has 2 aromatic carbocycles. The second-order valence-corrected chi connectivity index (χ2v) is 7.36. The molecule has 0 atom stereocenters. The van der Waals surface area contributed by atoms with Gasteiger partial charge in [0, 0.05) is 35.3 Å². The maximum Gasteiger partial charge on any atom is 0.165 e. The third-order valence-electron chi connectivity index (χ3n) is 4.56. The molecule has 5 nitrogen and oxygen atoms in total. The molecule has 2 heterocycles. The molecule has 0 saturated carbocycles. The van der Waals surface area contributed by atoms with Crippen molar-refractivity contribution < 1.29 is 0 Å². The predicted molar refractivity (Wildman–Crippen MR) is 116 cm³/mol. The second-order valence-electron chi connectivity index (χ2n) is 6.92. The van der Waals surface area contributed by atoms with Gasteiger partial charge in [-0.1, -0.05) is 54.1 Å². The van der Waals surface area contributed by atoms with Crippen LogP contribution in [0.3, 0.4) is 0 Å². The predicted octanol–water partition coefficient (Wildman–Crippen LogP) is 4.69. The average molecular weight is 392 g/mol. The lowest BCUT2D eigenvalue weighted by molar-refractivity contribution is 0.425. The molecule has 0 radical (unpaired) electrons. The van der Waals surface area contributed by atoms with Gasteiger partial charge in [-0.2, -0.15) is 9.61 Å². The fourth-order valence-electron chi connectivity index (χ4n) is 3.09. The van der Waals surface area contributed by atoms with Crippen molar-refractivity contribution in [3.63, 3.8) is 0 Å². The van der Waals surface area contributed by atoms with Crippen LogP contribution in [-0.4, -0.2) is 46.7 Å². The van der Waals surface area contributed by atoms with E-state index in [0.717, 1.165) is 46.9 Å². The molecule has 2 aromatic heterocycles. The lowest BCUT2D eigenvalue weighted by Crippen LogP contribution is -2.21. The van der Waals surface area contributed by atoms with Gasteiger partial charge in [-0.15, -0.1) is 0 Å². The molecule has 0 aliphatic carbocycles. The van der Waals surface area contributed by atoms with Crippen molar-refractivity contribution in [2.45, 2.75) is 0 Å². The number of halogens is 1. The number of aromatic nitrogens is 3. The van der Waals surface area contributed by atoms with Crippen molar-refractivity contribution in [1.29, 1.82) is 0 Å². The summed E-state index contributed by atoms with van der Waals surface area (Å²) >= 11 is 6.05. The summed E-state index contributed by atoms with van der Waals surface area (Å²) in [5.74, 6) is 0.922. The van der Waals surface area contributed by atoms with Gasteiger partial charge in [0.1, 0.15) is 5.82 Å². The number of nitrogens with one attached hydrogen (secondary N) is 1. The first-order valence-electron chi connectivity index (χ1n) is 9.20. The van der Waals surface area contributed by atoms with Gasteiger partial charge >= 0.3 is 0 Å². The summed E-state index contributed by atoms with van der Waals surface area (Å²) in [6.45, 7) is 1.74. The molecule has 0 aliphatic rings. The van der Waals surface area contributed by atoms with Gasteiger partial charge in [0.15, 0.2) is 5.65 Å². The Labute approximate surface area is 169 Å². The lowest BCUT2D eigenvalue weighted by atomic mass is 10.1. The number of benzene rings is 2. The summed E-state index contributed by atoms with van der Waals surface area (Å²) in [7, 11) is 4.12. The molecule has 142 valence electrons. The Balaban J connectivity index is 1.83. The zero-order chi connectivity index (χ0) is 19.5. The van der Waals surface area contributed by atoms with Crippen LogP contribution < -0.4 is 5.32 Å². The van der Waals surface area contributed by atoms with Crippen molar-refractivity contribution in [2.75, 3.05) is 32.5 Å². The second kappa shape index (κ2) is 8.00.